The lowest BCUT2D eigenvalue weighted by Gasteiger charge is -2.31. The summed E-state index contributed by atoms with van der Waals surface area (Å²) in [5, 5.41) is 13.6. The van der Waals surface area contributed by atoms with Crippen LogP contribution in [0.4, 0.5) is 19.0 Å². The van der Waals surface area contributed by atoms with Crippen LogP contribution in [0.3, 0.4) is 0 Å². The first-order chi connectivity index (χ1) is 13.1. The predicted molar refractivity (Wildman–Crippen MR) is 99.2 cm³/mol. The van der Waals surface area contributed by atoms with E-state index in [4.69, 9.17) is 11.6 Å². The molecule has 0 bridgehead atoms. The lowest BCUT2D eigenvalue weighted by atomic mass is 9.98. The molecule has 1 aliphatic heterocycles. The van der Waals surface area contributed by atoms with Gasteiger partial charge < -0.3 is 5.32 Å². The predicted octanol–water partition coefficient (Wildman–Crippen LogP) is 3.73. The first-order valence-electron chi connectivity index (χ1n) is 8.42. The molecule has 1 N–H and O–H groups in total. The zero-order valence-corrected chi connectivity index (χ0v) is 16.1. The van der Waals surface area contributed by atoms with Crippen molar-refractivity contribution >= 4 is 38.3 Å². The summed E-state index contributed by atoms with van der Waals surface area (Å²) in [5.41, 5.74) is -4.28. The van der Waals surface area contributed by atoms with E-state index in [2.05, 4.69) is 16.4 Å². The molecule has 28 heavy (non-hydrogen) atoms. The monoisotopic (exact) mass is 432 g/mol. The van der Waals surface area contributed by atoms with E-state index in [9.17, 15) is 26.9 Å². The average molecular weight is 433 g/mol. The standard InChI is InChI=1S/C17H16ClF3N4O2S/c18-13-1-2-15-14(8-13)12(9-22)7-16(24-15)23-10-11-3-5-25(6-4-11)28(26,27)17(19,20)21/h1-2,7-8,11H,3-6,10H2,(H,23,24). The number of hydrogen-bond acceptors (Lipinski definition) is 5. The highest BCUT2D eigenvalue weighted by molar-refractivity contribution is 7.90. The van der Waals surface area contributed by atoms with Gasteiger partial charge in [-0.1, -0.05) is 11.6 Å². The van der Waals surface area contributed by atoms with Gasteiger partial charge in [-0.25, -0.2) is 13.4 Å². The zero-order chi connectivity index (χ0) is 20.5. The molecule has 3 rings (SSSR count). The second-order valence-corrected chi connectivity index (χ2v) is 8.87. The van der Waals surface area contributed by atoms with Crippen LogP contribution < -0.4 is 5.32 Å². The molecule has 0 atom stereocenters. The van der Waals surface area contributed by atoms with Gasteiger partial charge in [0.05, 0.1) is 17.1 Å². The number of rotatable bonds is 4. The molecule has 0 unspecified atom stereocenters. The smallest absolute Gasteiger partial charge is 0.370 e. The van der Waals surface area contributed by atoms with Crippen LogP contribution in [0.25, 0.3) is 10.9 Å². The second-order valence-electron chi connectivity index (χ2n) is 6.50. The number of benzene rings is 1. The van der Waals surface area contributed by atoms with Gasteiger partial charge >= 0.3 is 15.5 Å². The van der Waals surface area contributed by atoms with Gasteiger partial charge in [-0.3, -0.25) is 0 Å². The van der Waals surface area contributed by atoms with Gasteiger partial charge in [0.15, 0.2) is 0 Å². The molecule has 0 radical (unpaired) electrons. The molecule has 11 heteroatoms. The maximum absolute atomic E-state index is 12.6. The first-order valence-corrected chi connectivity index (χ1v) is 10.2. The third-order valence-corrected chi connectivity index (χ3v) is 6.53. The molecule has 2 aromatic rings. The molecule has 0 spiro atoms. The number of halogens is 4. The molecule has 6 nitrogen and oxygen atoms in total. The Kier molecular flexibility index (Phi) is 5.70. The normalized spacial score (nSPS) is 16.8. The minimum absolute atomic E-state index is 0.00654. The summed E-state index contributed by atoms with van der Waals surface area (Å²) in [6.07, 6.45) is 0.604. The van der Waals surface area contributed by atoms with E-state index >= 15 is 0 Å². The molecule has 1 saturated heterocycles. The van der Waals surface area contributed by atoms with Crippen LogP contribution >= 0.6 is 11.6 Å². The van der Waals surface area contributed by atoms with E-state index < -0.39 is 15.5 Å². The largest absolute Gasteiger partial charge is 0.511 e. The van der Waals surface area contributed by atoms with Gasteiger partial charge in [-0.2, -0.15) is 22.7 Å². The topological polar surface area (TPSA) is 86.1 Å². The molecule has 1 aromatic heterocycles. The van der Waals surface area contributed by atoms with Crippen molar-refractivity contribution in [2.24, 2.45) is 5.92 Å². The van der Waals surface area contributed by atoms with Gasteiger partial charge in [0.1, 0.15) is 5.82 Å². The van der Waals surface area contributed by atoms with Crippen molar-refractivity contribution in [2.45, 2.75) is 18.3 Å². The van der Waals surface area contributed by atoms with Gasteiger partial charge in [-0.15, -0.1) is 0 Å². The highest BCUT2D eigenvalue weighted by Crippen LogP contribution is 2.30. The van der Waals surface area contributed by atoms with Crippen molar-refractivity contribution in [1.82, 2.24) is 9.29 Å². The Balaban J connectivity index is 1.65. The van der Waals surface area contributed by atoms with Crippen molar-refractivity contribution in [3.05, 3.63) is 34.9 Å². The summed E-state index contributed by atoms with van der Waals surface area (Å²) in [6.45, 7) is 0.0550. The summed E-state index contributed by atoms with van der Waals surface area (Å²) in [5.74, 6) is 0.463. The first kappa shape index (κ1) is 20.6. The molecule has 2 heterocycles. The van der Waals surface area contributed by atoms with Crippen LogP contribution in [0, 0.1) is 17.2 Å². The molecular formula is C17H16ClF3N4O2S. The Bertz CT molecular complexity index is 1030. The van der Waals surface area contributed by atoms with Crippen LogP contribution in [0.2, 0.25) is 5.02 Å². The number of pyridine rings is 1. The summed E-state index contributed by atoms with van der Waals surface area (Å²) in [4.78, 5) is 4.42. The van der Waals surface area contributed by atoms with Crippen LogP contribution in [0.5, 0.6) is 0 Å². The number of nitrogens with one attached hydrogen (secondary N) is 1. The summed E-state index contributed by atoms with van der Waals surface area (Å²) < 4.78 is 61.2. The van der Waals surface area contributed by atoms with E-state index in [1.807, 2.05) is 0 Å². The SMILES string of the molecule is N#Cc1cc(NCC2CCN(S(=O)(=O)C(F)(F)F)CC2)nc2ccc(Cl)cc12. The Morgan fingerprint density at radius 3 is 2.57 bits per heavy atom. The third-order valence-electron chi connectivity index (χ3n) is 4.67. The van der Waals surface area contributed by atoms with E-state index in [1.54, 1.807) is 24.3 Å². The highest BCUT2D eigenvalue weighted by Gasteiger charge is 2.50. The maximum Gasteiger partial charge on any atom is 0.511 e. The van der Waals surface area contributed by atoms with Crippen LogP contribution in [0.1, 0.15) is 18.4 Å². The van der Waals surface area contributed by atoms with Crippen molar-refractivity contribution < 1.29 is 21.6 Å². The molecule has 1 aliphatic rings. The summed E-state index contributed by atoms with van der Waals surface area (Å²) in [7, 11) is -5.27. The molecule has 1 fully saturated rings. The Morgan fingerprint density at radius 2 is 1.96 bits per heavy atom. The Hall–Kier alpha value is -2.09. The van der Waals surface area contributed by atoms with E-state index in [0.717, 1.165) is 0 Å². The van der Waals surface area contributed by atoms with Crippen molar-refractivity contribution in [3.63, 3.8) is 0 Å². The third kappa shape index (κ3) is 4.16. The van der Waals surface area contributed by atoms with Crippen LogP contribution in [-0.2, 0) is 10.0 Å². The maximum atomic E-state index is 12.6. The minimum atomic E-state index is -5.27. The van der Waals surface area contributed by atoms with E-state index in [-0.39, 0.29) is 19.0 Å². The summed E-state index contributed by atoms with van der Waals surface area (Å²) in [6, 6.07) is 8.70. The fraction of sp³-hybridized carbons (Fsp3) is 0.412. The fourth-order valence-corrected chi connectivity index (χ4v) is 4.29. The number of anilines is 1. The van der Waals surface area contributed by atoms with Gasteiger partial charge in [0.2, 0.25) is 0 Å². The highest BCUT2D eigenvalue weighted by atomic mass is 35.5. The van der Waals surface area contributed by atoms with Gasteiger partial charge in [-0.05, 0) is 43.0 Å². The number of fused-ring (bicyclic) bond motifs is 1. The molecular weight excluding hydrogens is 417 g/mol. The Labute approximate surface area is 165 Å². The molecule has 150 valence electrons. The van der Waals surface area contributed by atoms with Crippen molar-refractivity contribution in [3.8, 4) is 6.07 Å². The van der Waals surface area contributed by atoms with Gasteiger partial charge in [0.25, 0.3) is 0 Å². The van der Waals surface area contributed by atoms with Crippen LogP contribution in [-0.4, -0.2) is 42.8 Å². The van der Waals surface area contributed by atoms with Crippen LogP contribution in [0.15, 0.2) is 24.3 Å². The minimum Gasteiger partial charge on any atom is -0.370 e. The number of nitrogens with zero attached hydrogens (tertiary/aromatic N) is 3. The molecule has 0 aliphatic carbocycles. The quantitative estimate of drug-likeness (QED) is 0.795. The molecule has 0 amide bonds. The number of piperidine rings is 1. The number of aromatic nitrogens is 1. The number of sulfonamides is 1. The van der Waals surface area contributed by atoms with Crippen molar-refractivity contribution in [2.75, 3.05) is 25.0 Å². The number of alkyl halides is 3. The Morgan fingerprint density at radius 1 is 1.29 bits per heavy atom. The lowest BCUT2D eigenvalue weighted by molar-refractivity contribution is -0.0496. The zero-order valence-electron chi connectivity index (χ0n) is 14.5. The van der Waals surface area contributed by atoms with E-state index in [0.29, 0.717) is 51.0 Å². The fourth-order valence-electron chi connectivity index (χ4n) is 3.13. The second kappa shape index (κ2) is 7.73. The molecule has 1 aromatic carbocycles. The lowest BCUT2D eigenvalue weighted by Crippen LogP contribution is -2.45. The van der Waals surface area contributed by atoms with E-state index in [1.165, 1.54) is 0 Å². The molecule has 0 saturated carbocycles. The van der Waals surface area contributed by atoms with Gasteiger partial charge in [0, 0.05) is 30.0 Å². The summed E-state index contributed by atoms with van der Waals surface area (Å²) >= 11 is 5.95. The van der Waals surface area contributed by atoms with Crippen molar-refractivity contribution in [1.29, 1.82) is 5.26 Å². The average Bonchev–Trinajstić information content (AvgIpc) is 2.65. The number of hydrogen-bond donors (Lipinski definition) is 1. The number of nitriles is 1.